The highest BCUT2D eigenvalue weighted by atomic mass is 16.5. The highest BCUT2D eigenvalue weighted by molar-refractivity contribution is 5.88. The number of benzene rings is 1. The van der Waals surface area contributed by atoms with Crippen LogP contribution in [0.3, 0.4) is 0 Å². The van der Waals surface area contributed by atoms with Crippen LogP contribution in [-0.4, -0.2) is 24.7 Å². The number of aliphatic hydroxyl groups excluding tert-OH is 1. The first kappa shape index (κ1) is 12.5. The average molecular weight is 223 g/mol. The molecule has 88 valence electrons. The molecule has 0 aromatic heterocycles. The summed E-state index contributed by atoms with van der Waals surface area (Å²) < 4.78 is 5.21. The van der Waals surface area contributed by atoms with Gasteiger partial charge in [0.15, 0.2) is 0 Å². The Morgan fingerprint density at radius 1 is 1.50 bits per heavy atom. The second kappa shape index (κ2) is 6.12. The number of amides is 1. The van der Waals surface area contributed by atoms with E-state index in [0.717, 1.165) is 23.4 Å². The summed E-state index contributed by atoms with van der Waals surface area (Å²) >= 11 is 0. The van der Waals surface area contributed by atoms with Gasteiger partial charge in [0, 0.05) is 19.2 Å². The van der Waals surface area contributed by atoms with Crippen LogP contribution in [-0.2, 0) is 11.2 Å². The molecule has 0 saturated heterocycles. The van der Waals surface area contributed by atoms with E-state index < -0.39 is 0 Å². The van der Waals surface area contributed by atoms with Crippen molar-refractivity contribution >= 4 is 11.6 Å². The van der Waals surface area contributed by atoms with E-state index in [9.17, 15) is 4.79 Å². The molecule has 0 saturated carbocycles. The number of ether oxygens (including phenoxy) is 1. The van der Waals surface area contributed by atoms with Gasteiger partial charge < -0.3 is 15.2 Å². The minimum Gasteiger partial charge on any atom is -0.496 e. The number of carbonyl (C=O) groups is 1. The van der Waals surface area contributed by atoms with Crippen LogP contribution in [0, 0.1) is 0 Å². The van der Waals surface area contributed by atoms with Gasteiger partial charge in [0.25, 0.3) is 0 Å². The minimum absolute atomic E-state index is 0.0988. The van der Waals surface area contributed by atoms with Crippen molar-refractivity contribution in [2.45, 2.75) is 19.8 Å². The van der Waals surface area contributed by atoms with E-state index in [-0.39, 0.29) is 12.5 Å². The maximum Gasteiger partial charge on any atom is 0.221 e. The fourth-order valence-corrected chi connectivity index (χ4v) is 1.52. The lowest BCUT2D eigenvalue weighted by atomic mass is 10.1. The van der Waals surface area contributed by atoms with Crippen LogP contribution in [0.1, 0.15) is 18.9 Å². The largest absolute Gasteiger partial charge is 0.496 e. The predicted octanol–water partition coefficient (Wildman–Crippen LogP) is 1.58. The molecule has 0 spiro atoms. The van der Waals surface area contributed by atoms with Crippen molar-refractivity contribution < 1.29 is 14.6 Å². The second-order valence-electron chi connectivity index (χ2n) is 3.53. The van der Waals surface area contributed by atoms with E-state index in [1.54, 1.807) is 13.2 Å². The second-order valence-corrected chi connectivity index (χ2v) is 3.53. The van der Waals surface area contributed by atoms with Gasteiger partial charge >= 0.3 is 0 Å². The molecular weight excluding hydrogens is 206 g/mol. The van der Waals surface area contributed by atoms with Crippen LogP contribution in [0.15, 0.2) is 18.2 Å². The van der Waals surface area contributed by atoms with Crippen molar-refractivity contribution in [3.63, 3.8) is 0 Å². The topological polar surface area (TPSA) is 58.6 Å². The van der Waals surface area contributed by atoms with Gasteiger partial charge in [0.05, 0.1) is 7.11 Å². The molecule has 1 aromatic carbocycles. The Balaban J connectivity index is 2.87. The van der Waals surface area contributed by atoms with Crippen LogP contribution in [0.25, 0.3) is 0 Å². The van der Waals surface area contributed by atoms with Crippen molar-refractivity contribution in [3.8, 4) is 5.75 Å². The maximum atomic E-state index is 10.9. The van der Waals surface area contributed by atoms with E-state index in [1.165, 1.54) is 6.92 Å². The summed E-state index contributed by atoms with van der Waals surface area (Å²) in [4.78, 5) is 10.9. The van der Waals surface area contributed by atoms with Crippen LogP contribution >= 0.6 is 0 Å². The van der Waals surface area contributed by atoms with Crippen LogP contribution in [0.5, 0.6) is 5.75 Å². The normalized spacial score (nSPS) is 9.94. The summed E-state index contributed by atoms with van der Waals surface area (Å²) in [6.45, 7) is 1.62. The van der Waals surface area contributed by atoms with Crippen molar-refractivity contribution in [2.75, 3.05) is 19.0 Å². The monoisotopic (exact) mass is 223 g/mol. The molecule has 4 nitrogen and oxygen atoms in total. The van der Waals surface area contributed by atoms with Crippen LogP contribution in [0.4, 0.5) is 5.69 Å². The number of carbonyl (C=O) groups excluding carboxylic acids is 1. The molecule has 4 heteroatoms. The zero-order valence-electron chi connectivity index (χ0n) is 9.62. The molecule has 1 rings (SSSR count). The number of aryl methyl sites for hydroxylation is 1. The Kier molecular flexibility index (Phi) is 4.79. The van der Waals surface area contributed by atoms with Gasteiger partial charge in [-0.05, 0) is 36.6 Å². The number of anilines is 1. The van der Waals surface area contributed by atoms with Gasteiger partial charge in [-0.3, -0.25) is 4.79 Å². The number of methoxy groups -OCH3 is 1. The van der Waals surface area contributed by atoms with Crippen LogP contribution < -0.4 is 10.1 Å². The Morgan fingerprint density at radius 2 is 2.25 bits per heavy atom. The summed E-state index contributed by atoms with van der Waals surface area (Å²) in [5.41, 5.74) is 1.74. The van der Waals surface area contributed by atoms with Gasteiger partial charge in [-0.2, -0.15) is 0 Å². The SMILES string of the molecule is COc1ccc(NC(C)=O)cc1CCCO. The first-order chi connectivity index (χ1) is 7.67. The fourth-order valence-electron chi connectivity index (χ4n) is 1.52. The highest BCUT2D eigenvalue weighted by Gasteiger charge is 2.05. The Bertz CT molecular complexity index is 363. The van der Waals surface area contributed by atoms with Crippen molar-refractivity contribution in [2.24, 2.45) is 0 Å². The Hall–Kier alpha value is -1.55. The molecule has 0 aliphatic carbocycles. The standard InChI is InChI=1S/C12H17NO3/c1-9(15)13-11-5-6-12(16-2)10(8-11)4-3-7-14/h5-6,8,14H,3-4,7H2,1-2H3,(H,13,15). The van der Waals surface area contributed by atoms with Gasteiger partial charge in [0.2, 0.25) is 5.91 Å². The fraction of sp³-hybridized carbons (Fsp3) is 0.417. The molecule has 1 amide bonds. The molecule has 0 fully saturated rings. The summed E-state index contributed by atoms with van der Waals surface area (Å²) in [5.74, 6) is 0.681. The molecular formula is C12H17NO3. The smallest absolute Gasteiger partial charge is 0.221 e. The van der Waals surface area contributed by atoms with E-state index in [4.69, 9.17) is 9.84 Å². The third-order valence-corrected chi connectivity index (χ3v) is 2.20. The number of hydrogen-bond acceptors (Lipinski definition) is 3. The summed E-state index contributed by atoms with van der Waals surface area (Å²) in [7, 11) is 1.61. The molecule has 2 N–H and O–H groups in total. The van der Waals surface area contributed by atoms with Crippen molar-refractivity contribution in [3.05, 3.63) is 23.8 Å². The van der Waals surface area contributed by atoms with Gasteiger partial charge in [-0.15, -0.1) is 0 Å². The molecule has 0 unspecified atom stereocenters. The minimum atomic E-state index is -0.0988. The number of aliphatic hydroxyl groups is 1. The van der Waals surface area contributed by atoms with E-state index in [1.807, 2.05) is 12.1 Å². The van der Waals surface area contributed by atoms with Crippen molar-refractivity contribution in [1.29, 1.82) is 0 Å². The number of rotatable bonds is 5. The van der Waals surface area contributed by atoms with Gasteiger partial charge in [-0.1, -0.05) is 0 Å². The highest BCUT2D eigenvalue weighted by Crippen LogP contribution is 2.23. The lowest BCUT2D eigenvalue weighted by Gasteiger charge is -2.10. The zero-order valence-corrected chi connectivity index (χ0v) is 9.62. The molecule has 16 heavy (non-hydrogen) atoms. The Labute approximate surface area is 95.2 Å². The number of nitrogens with one attached hydrogen (secondary N) is 1. The average Bonchev–Trinajstić information content (AvgIpc) is 2.25. The molecule has 0 atom stereocenters. The lowest BCUT2D eigenvalue weighted by molar-refractivity contribution is -0.114. The van der Waals surface area contributed by atoms with Crippen LogP contribution in [0.2, 0.25) is 0 Å². The van der Waals surface area contributed by atoms with Gasteiger partial charge in [0.1, 0.15) is 5.75 Å². The lowest BCUT2D eigenvalue weighted by Crippen LogP contribution is -2.06. The maximum absolute atomic E-state index is 10.9. The van der Waals surface area contributed by atoms with Gasteiger partial charge in [-0.25, -0.2) is 0 Å². The number of hydrogen-bond donors (Lipinski definition) is 2. The Morgan fingerprint density at radius 3 is 2.81 bits per heavy atom. The molecule has 0 aliphatic heterocycles. The molecule has 1 aromatic rings. The third kappa shape index (κ3) is 3.55. The summed E-state index contributed by atoms with van der Waals surface area (Å²) in [6, 6.07) is 5.48. The molecule has 0 radical (unpaired) electrons. The van der Waals surface area contributed by atoms with E-state index in [0.29, 0.717) is 6.42 Å². The molecule has 0 bridgehead atoms. The molecule has 0 aliphatic rings. The zero-order chi connectivity index (χ0) is 12.0. The van der Waals surface area contributed by atoms with Crippen molar-refractivity contribution in [1.82, 2.24) is 0 Å². The van der Waals surface area contributed by atoms with E-state index >= 15 is 0 Å². The first-order valence-corrected chi connectivity index (χ1v) is 5.22. The molecule has 0 heterocycles. The summed E-state index contributed by atoms with van der Waals surface area (Å²) in [6.07, 6.45) is 1.41. The quantitative estimate of drug-likeness (QED) is 0.796. The predicted molar refractivity (Wildman–Crippen MR) is 62.7 cm³/mol. The van der Waals surface area contributed by atoms with E-state index in [2.05, 4.69) is 5.32 Å². The summed E-state index contributed by atoms with van der Waals surface area (Å²) in [5, 5.41) is 11.5. The first-order valence-electron chi connectivity index (χ1n) is 5.22. The third-order valence-electron chi connectivity index (χ3n) is 2.20.